The van der Waals surface area contributed by atoms with E-state index in [1.807, 2.05) is 36.3 Å². The van der Waals surface area contributed by atoms with Crippen LogP contribution in [0.25, 0.3) is 5.65 Å². The molecular formula is C11H13ClN2S. The average molecular weight is 241 g/mol. The molecule has 2 rings (SSSR count). The highest BCUT2D eigenvalue weighted by Crippen LogP contribution is 2.20. The quantitative estimate of drug-likeness (QED) is 0.453. The number of rotatable bonds is 5. The van der Waals surface area contributed by atoms with Gasteiger partial charge in [-0.2, -0.15) is 0 Å². The summed E-state index contributed by atoms with van der Waals surface area (Å²) in [5.74, 6) is 1.87. The first-order chi connectivity index (χ1) is 7.42. The fraction of sp³-hybridized carbons (Fsp3) is 0.364. The van der Waals surface area contributed by atoms with Crippen LogP contribution in [-0.4, -0.2) is 21.0 Å². The van der Waals surface area contributed by atoms with Gasteiger partial charge in [0, 0.05) is 18.3 Å². The van der Waals surface area contributed by atoms with Crippen LogP contribution in [0.1, 0.15) is 12.8 Å². The molecule has 4 heteroatoms. The highest BCUT2D eigenvalue weighted by Gasteiger charge is 2.00. The van der Waals surface area contributed by atoms with Crippen molar-refractivity contribution in [3.8, 4) is 0 Å². The second-order valence-corrected chi connectivity index (χ2v) is 4.76. The maximum Gasteiger partial charge on any atom is 0.137 e. The fourth-order valence-corrected chi connectivity index (χ4v) is 2.63. The molecule has 0 saturated carbocycles. The summed E-state index contributed by atoms with van der Waals surface area (Å²) < 4.78 is 2.12. The van der Waals surface area contributed by atoms with Gasteiger partial charge in [0.2, 0.25) is 0 Å². The minimum atomic E-state index is 0.760. The molecule has 2 nitrogen and oxygen atoms in total. The summed E-state index contributed by atoms with van der Waals surface area (Å²) in [6.07, 6.45) is 6.09. The molecule has 0 unspecified atom stereocenters. The van der Waals surface area contributed by atoms with Gasteiger partial charge in [0.15, 0.2) is 0 Å². The van der Waals surface area contributed by atoms with E-state index in [1.165, 1.54) is 11.4 Å². The average Bonchev–Trinajstić information content (AvgIpc) is 2.73. The summed E-state index contributed by atoms with van der Waals surface area (Å²) in [4.78, 5) is 4.25. The Balaban J connectivity index is 2.04. The van der Waals surface area contributed by atoms with E-state index in [0.717, 1.165) is 23.7 Å². The van der Waals surface area contributed by atoms with Crippen molar-refractivity contribution < 1.29 is 0 Å². The number of alkyl halides is 1. The highest BCUT2D eigenvalue weighted by molar-refractivity contribution is 7.99. The van der Waals surface area contributed by atoms with Crippen molar-refractivity contribution in [2.45, 2.75) is 17.9 Å². The smallest absolute Gasteiger partial charge is 0.137 e. The van der Waals surface area contributed by atoms with E-state index in [2.05, 4.69) is 15.5 Å². The molecule has 0 aliphatic carbocycles. The first-order valence-electron chi connectivity index (χ1n) is 5.02. The third-order valence-corrected chi connectivity index (χ3v) is 3.56. The standard InChI is InChI=1S/C11H13ClN2S/c12-6-1-2-9-15-11-5-3-4-10-13-7-8-14(10)11/h3-5,7-8H,1-2,6,9H2. The number of hydrogen-bond acceptors (Lipinski definition) is 2. The Kier molecular flexibility index (Phi) is 3.92. The lowest BCUT2D eigenvalue weighted by molar-refractivity contribution is 0.899. The molecule has 0 fully saturated rings. The number of nitrogens with zero attached hydrogens (tertiary/aromatic N) is 2. The molecule has 2 aromatic rings. The van der Waals surface area contributed by atoms with Crippen LogP contribution in [0.15, 0.2) is 35.6 Å². The second-order valence-electron chi connectivity index (χ2n) is 3.26. The highest BCUT2D eigenvalue weighted by atomic mass is 35.5. The van der Waals surface area contributed by atoms with Crippen molar-refractivity contribution >= 4 is 29.0 Å². The SMILES string of the molecule is ClCCCCSc1cccc2nccn12. The van der Waals surface area contributed by atoms with Crippen LogP contribution >= 0.6 is 23.4 Å². The lowest BCUT2D eigenvalue weighted by atomic mass is 10.4. The van der Waals surface area contributed by atoms with Gasteiger partial charge in [-0.3, -0.25) is 4.40 Å². The van der Waals surface area contributed by atoms with E-state index < -0.39 is 0 Å². The molecule has 15 heavy (non-hydrogen) atoms. The normalized spacial score (nSPS) is 11.0. The Morgan fingerprint density at radius 1 is 1.33 bits per heavy atom. The Morgan fingerprint density at radius 3 is 3.13 bits per heavy atom. The lowest BCUT2D eigenvalue weighted by Gasteiger charge is -2.03. The van der Waals surface area contributed by atoms with E-state index >= 15 is 0 Å². The molecule has 0 spiro atoms. The first-order valence-corrected chi connectivity index (χ1v) is 6.54. The molecule has 0 saturated heterocycles. The van der Waals surface area contributed by atoms with Crippen LogP contribution in [0.3, 0.4) is 0 Å². The van der Waals surface area contributed by atoms with Gasteiger partial charge in [-0.15, -0.1) is 23.4 Å². The van der Waals surface area contributed by atoms with Crippen molar-refractivity contribution in [1.29, 1.82) is 0 Å². The summed E-state index contributed by atoms with van der Waals surface area (Å²) in [6.45, 7) is 0. The minimum absolute atomic E-state index is 0.760. The summed E-state index contributed by atoms with van der Waals surface area (Å²) in [6, 6.07) is 6.19. The van der Waals surface area contributed by atoms with E-state index in [-0.39, 0.29) is 0 Å². The van der Waals surface area contributed by atoms with Crippen molar-refractivity contribution in [3.63, 3.8) is 0 Å². The second kappa shape index (κ2) is 5.42. The minimum Gasteiger partial charge on any atom is -0.294 e. The first kappa shape index (κ1) is 10.8. The predicted molar refractivity (Wildman–Crippen MR) is 65.9 cm³/mol. The van der Waals surface area contributed by atoms with Crippen molar-refractivity contribution in [1.82, 2.24) is 9.38 Å². The number of fused-ring (bicyclic) bond motifs is 1. The van der Waals surface area contributed by atoms with Crippen molar-refractivity contribution in [2.75, 3.05) is 11.6 Å². The Morgan fingerprint density at radius 2 is 2.27 bits per heavy atom. The number of unbranched alkanes of at least 4 members (excludes halogenated alkanes) is 1. The lowest BCUT2D eigenvalue weighted by Crippen LogP contribution is -1.89. The molecule has 2 heterocycles. The number of thioether (sulfide) groups is 1. The van der Waals surface area contributed by atoms with E-state index in [9.17, 15) is 0 Å². The van der Waals surface area contributed by atoms with Gasteiger partial charge in [-0.25, -0.2) is 4.98 Å². The summed E-state index contributed by atoms with van der Waals surface area (Å²) in [5, 5.41) is 1.25. The Bertz CT molecular complexity index is 427. The Hall–Kier alpha value is -0.670. The maximum atomic E-state index is 5.64. The van der Waals surface area contributed by atoms with Crippen LogP contribution in [-0.2, 0) is 0 Å². The zero-order valence-electron chi connectivity index (χ0n) is 8.40. The maximum absolute atomic E-state index is 5.64. The summed E-state index contributed by atoms with van der Waals surface area (Å²) in [7, 11) is 0. The van der Waals surface area contributed by atoms with Crippen molar-refractivity contribution in [3.05, 3.63) is 30.6 Å². The molecule has 80 valence electrons. The third kappa shape index (κ3) is 2.67. The molecule has 2 aromatic heterocycles. The number of pyridine rings is 1. The number of hydrogen-bond donors (Lipinski definition) is 0. The molecule has 0 radical (unpaired) electrons. The largest absolute Gasteiger partial charge is 0.294 e. The van der Waals surface area contributed by atoms with Crippen molar-refractivity contribution in [2.24, 2.45) is 0 Å². The van der Waals surface area contributed by atoms with Gasteiger partial charge < -0.3 is 0 Å². The third-order valence-electron chi connectivity index (χ3n) is 2.17. The zero-order chi connectivity index (χ0) is 10.5. The zero-order valence-corrected chi connectivity index (χ0v) is 9.97. The van der Waals surface area contributed by atoms with Crippen LogP contribution < -0.4 is 0 Å². The molecule has 0 atom stereocenters. The van der Waals surface area contributed by atoms with E-state index in [0.29, 0.717) is 0 Å². The number of halogens is 1. The Labute approximate surface area is 98.7 Å². The summed E-state index contributed by atoms with van der Waals surface area (Å²) >= 11 is 7.50. The fourth-order valence-electron chi connectivity index (χ4n) is 1.41. The molecule has 0 bridgehead atoms. The number of aromatic nitrogens is 2. The monoisotopic (exact) mass is 240 g/mol. The van der Waals surface area contributed by atoms with Gasteiger partial charge >= 0.3 is 0 Å². The van der Waals surface area contributed by atoms with Gasteiger partial charge in [-0.1, -0.05) is 6.07 Å². The topological polar surface area (TPSA) is 17.3 Å². The summed E-state index contributed by atoms with van der Waals surface area (Å²) in [5.41, 5.74) is 1.01. The molecule has 0 N–H and O–H groups in total. The van der Waals surface area contributed by atoms with Gasteiger partial charge in [-0.05, 0) is 30.7 Å². The molecule has 0 amide bonds. The van der Waals surface area contributed by atoms with E-state index in [4.69, 9.17) is 11.6 Å². The van der Waals surface area contributed by atoms with E-state index in [1.54, 1.807) is 0 Å². The molecule has 0 aromatic carbocycles. The van der Waals surface area contributed by atoms with Crippen LogP contribution in [0.2, 0.25) is 0 Å². The number of imidazole rings is 1. The van der Waals surface area contributed by atoms with Crippen LogP contribution in [0.5, 0.6) is 0 Å². The molecule has 0 aliphatic rings. The molecule has 0 aliphatic heterocycles. The molecular weight excluding hydrogens is 228 g/mol. The predicted octanol–water partition coefficient (Wildman–Crippen LogP) is 3.45. The van der Waals surface area contributed by atoms with Crippen LogP contribution in [0, 0.1) is 0 Å². The van der Waals surface area contributed by atoms with Gasteiger partial charge in [0.1, 0.15) is 5.65 Å². The van der Waals surface area contributed by atoms with Gasteiger partial charge in [0.05, 0.1) is 5.03 Å². The van der Waals surface area contributed by atoms with Crippen LogP contribution in [0.4, 0.5) is 0 Å². The van der Waals surface area contributed by atoms with Gasteiger partial charge in [0.25, 0.3) is 0 Å².